The van der Waals surface area contributed by atoms with E-state index in [1.165, 1.54) is 0 Å². The number of carbonyl (C=O) groups is 2. The smallest absolute Gasteiger partial charge is 0.236 e. The Hall–Kier alpha value is -1.14. The van der Waals surface area contributed by atoms with E-state index in [2.05, 4.69) is 10.6 Å². The minimum atomic E-state index is -0.514. The summed E-state index contributed by atoms with van der Waals surface area (Å²) in [4.78, 5) is 25.2. The van der Waals surface area contributed by atoms with E-state index in [9.17, 15) is 9.59 Å². The Morgan fingerprint density at radius 3 is 2.44 bits per heavy atom. The van der Waals surface area contributed by atoms with Crippen LogP contribution in [0.5, 0.6) is 0 Å². The van der Waals surface area contributed by atoms with Crippen LogP contribution in [0.2, 0.25) is 0 Å². The summed E-state index contributed by atoms with van der Waals surface area (Å²) in [6, 6.07) is 0. The van der Waals surface area contributed by atoms with Crippen LogP contribution in [0.1, 0.15) is 13.8 Å². The fourth-order valence-electron chi connectivity index (χ4n) is 1.83. The molecule has 2 N–H and O–H groups in total. The van der Waals surface area contributed by atoms with Gasteiger partial charge in [0.2, 0.25) is 11.8 Å². The number of rotatable bonds is 5. The Labute approximate surface area is 108 Å². The van der Waals surface area contributed by atoms with Gasteiger partial charge in [0.1, 0.15) is 0 Å². The summed E-state index contributed by atoms with van der Waals surface area (Å²) in [5, 5.41) is 5.66. The van der Waals surface area contributed by atoms with Gasteiger partial charge in [-0.15, -0.1) is 0 Å². The summed E-state index contributed by atoms with van der Waals surface area (Å²) in [6.45, 7) is 6.95. The van der Waals surface area contributed by atoms with Gasteiger partial charge in [0.05, 0.1) is 25.2 Å². The van der Waals surface area contributed by atoms with Crippen molar-refractivity contribution in [1.82, 2.24) is 15.5 Å². The van der Waals surface area contributed by atoms with Crippen LogP contribution in [0.25, 0.3) is 0 Å². The third-order valence-electron chi connectivity index (χ3n) is 3.05. The van der Waals surface area contributed by atoms with Crippen molar-refractivity contribution in [2.45, 2.75) is 13.8 Å². The molecule has 1 aliphatic rings. The second-order valence-corrected chi connectivity index (χ2v) is 5.06. The van der Waals surface area contributed by atoms with E-state index in [1.54, 1.807) is 11.9 Å². The standard InChI is InChI=1S/C12H23N3O3/c1-12(2,11(17)13-3)9-14-8-10(16)15-4-6-18-7-5-15/h14H,4-9H2,1-3H3,(H,13,17). The highest BCUT2D eigenvalue weighted by Gasteiger charge is 2.26. The molecule has 18 heavy (non-hydrogen) atoms. The predicted molar refractivity (Wildman–Crippen MR) is 68.1 cm³/mol. The first-order valence-corrected chi connectivity index (χ1v) is 6.26. The third kappa shape index (κ3) is 4.27. The first kappa shape index (κ1) is 14.9. The number of hydrogen-bond acceptors (Lipinski definition) is 4. The van der Waals surface area contributed by atoms with Crippen molar-refractivity contribution in [3.8, 4) is 0 Å². The van der Waals surface area contributed by atoms with Gasteiger partial charge in [-0.2, -0.15) is 0 Å². The van der Waals surface area contributed by atoms with Gasteiger partial charge in [-0.3, -0.25) is 9.59 Å². The number of nitrogens with one attached hydrogen (secondary N) is 2. The van der Waals surface area contributed by atoms with E-state index in [4.69, 9.17) is 4.74 Å². The summed E-state index contributed by atoms with van der Waals surface area (Å²) in [6.07, 6.45) is 0. The normalized spacial score (nSPS) is 16.5. The average Bonchev–Trinajstić information content (AvgIpc) is 2.38. The summed E-state index contributed by atoms with van der Waals surface area (Å²) in [7, 11) is 1.61. The zero-order valence-corrected chi connectivity index (χ0v) is 11.4. The van der Waals surface area contributed by atoms with Crippen LogP contribution in [0.15, 0.2) is 0 Å². The van der Waals surface area contributed by atoms with Gasteiger partial charge in [-0.25, -0.2) is 0 Å². The Bertz CT molecular complexity index is 299. The lowest BCUT2D eigenvalue weighted by atomic mass is 9.92. The molecule has 0 aromatic carbocycles. The van der Waals surface area contributed by atoms with E-state index in [0.717, 1.165) is 0 Å². The Balaban J connectivity index is 2.28. The predicted octanol–water partition coefficient (Wildman–Crippen LogP) is -0.793. The van der Waals surface area contributed by atoms with Gasteiger partial charge in [0.25, 0.3) is 0 Å². The Morgan fingerprint density at radius 2 is 1.89 bits per heavy atom. The summed E-state index contributed by atoms with van der Waals surface area (Å²) in [5.74, 6) is 0.0276. The number of hydrogen-bond donors (Lipinski definition) is 2. The largest absolute Gasteiger partial charge is 0.378 e. The van der Waals surface area contributed by atoms with Crippen molar-refractivity contribution in [1.29, 1.82) is 0 Å². The Kier molecular flexibility index (Phi) is 5.55. The molecule has 6 heteroatoms. The molecule has 0 atom stereocenters. The van der Waals surface area contributed by atoms with Crippen LogP contribution in [0, 0.1) is 5.41 Å². The van der Waals surface area contributed by atoms with E-state index in [-0.39, 0.29) is 18.4 Å². The molecule has 1 rings (SSSR count). The SMILES string of the molecule is CNC(=O)C(C)(C)CNCC(=O)N1CCOCC1. The number of nitrogens with zero attached hydrogens (tertiary/aromatic N) is 1. The van der Waals surface area contributed by atoms with Crippen molar-refractivity contribution in [2.75, 3.05) is 46.4 Å². The monoisotopic (exact) mass is 257 g/mol. The minimum absolute atomic E-state index is 0.0335. The molecular formula is C12H23N3O3. The highest BCUT2D eigenvalue weighted by atomic mass is 16.5. The lowest BCUT2D eigenvalue weighted by molar-refractivity contribution is -0.135. The summed E-state index contributed by atoms with van der Waals surface area (Å²) >= 11 is 0. The van der Waals surface area contributed by atoms with Crippen molar-refractivity contribution in [2.24, 2.45) is 5.41 Å². The quantitative estimate of drug-likeness (QED) is 0.677. The molecule has 0 aromatic rings. The maximum atomic E-state index is 11.8. The fourth-order valence-corrected chi connectivity index (χ4v) is 1.83. The van der Waals surface area contributed by atoms with E-state index in [1.807, 2.05) is 13.8 Å². The molecule has 0 bridgehead atoms. The third-order valence-corrected chi connectivity index (χ3v) is 3.05. The van der Waals surface area contributed by atoms with Crippen LogP contribution in [-0.4, -0.2) is 63.2 Å². The molecular weight excluding hydrogens is 234 g/mol. The van der Waals surface area contributed by atoms with E-state index < -0.39 is 5.41 Å². The zero-order valence-electron chi connectivity index (χ0n) is 11.4. The van der Waals surface area contributed by atoms with Gasteiger partial charge in [0, 0.05) is 26.7 Å². The van der Waals surface area contributed by atoms with Crippen LogP contribution in [0.4, 0.5) is 0 Å². The number of amides is 2. The van der Waals surface area contributed by atoms with E-state index in [0.29, 0.717) is 32.8 Å². The molecule has 1 aliphatic heterocycles. The molecule has 2 amide bonds. The number of ether oxygens (including phenoxy) is 1. The van der Waals surface area contributed by atoms with Crippen molar-refractivity contribution in [3.05, 3.63) is 0 Å². The van der Waals surface area contributed by atoms with Gasteiger partial charge in [-0.1, -0.05) is 0 Å². The second kappa shape index (κ2) is 6.70. The maximum Gasteiger partial charge on any atom is 0.236 e. The minimum Gasteiger partial charge on any atom is -0.378 e. The first-order chi connectivity index (χ1) is 8.47. The fraction of sp³-hybridized carbons (Fsp3) is 0.833. The van der Waals surface area contributed by atoms with Crippen LogP contribution < -0.4 is 10.6 Å². The highest BCUT2D eigenvalue weighted by Crippen LogP contribution is 2.12. The van der Waals surface area contributed by atoms with Gasteiger partial charge >= 0.3 is 0 Å². The highest BCUT2D eigenvalue weighted by molar-refractivity contribution is 5.82. The van der Waals surface area contributed by atoms with Crippen LogP contribution >= 0.6 is 0 Å². The summed E-state index contributed by atoms with van der Waals surface area (Å²) < 4.78 is 5.19. The van der Waals surface area contributed by atoms with Gasteiger partial charge < -0.3 is 20.3 Å². The lowest BCUT2D eigenvalue weighted by Gasteiger charge is -2.28. The molecule has 0 aromatic heterocycles. The maximum absolute atomic E-state index is 11.8. The van der Waals surface area contributed by atoms with Crippen molar-refractivity contribution >= 4 is 11.8 Å². The molecule has 0 spiro atoms. The lowest BCUT2D eigenvalue weighted by Crippen LogP contribution is -2.47. The molecule has 0 saturated carbocycles. The molecule has 0 unspecified atom stereocenters. The molecule has 1 saturated heterocycles. The van der Waals surface area contributed by atoms with Crippen LogP contribution in [0.3, 0.4) is 0 Å². The van der Waals surface area contributed by atoms with Gasteiger partial charge in [0.15, 0.2) is 0 Å². The average molecular weight is 257 g/mol. The van der Waals surface area contributed by atoms with Crippen LogP contribution in [-0.2, 0) is 14.3 Å². The summed E-state index contributed by atoms with van der Waals surface area (Å²) in [5.41, 5.74) is -0.514. The molecule has 6 nitrogen and oxygen atoms in total. The second-order valence-electron chi connectivity index (χ2n) is 5.06. The number of morpholine rings is 1. The number of carbonyl (C=O) groups excluding carboxylic acids is 2. The Morgan fingerprint density at radius 1 is 1.28 bits per heavy atom. The topological polar surface area (TPSA) is 70.7 Å². The molecule has 1 heterocycles. The van der Waals surface area contributed by atoms with Crippen molar-refractivity contribution in [3.63, 3.8) is 0 Å². The molecule has 0 radical (unpaired) electrons. The molecule has 0 aliphatic carbocycles. The first-order valence-electron chi connectivity index (χ1n) is 6.26. The van der Waals surface area contributed by atoms with E-state index >= 15 is 0 Å². The zero-order chi connectivity index (χ0) is 13.6. The molecule has 1 fully saturated rings. The molecule has 104 valence electrons. The van der Waals surface area contributed by atoms with Gasteiger partial charge in [-0.05, 0) is 13.8 Å². The van der Waals surface area contributed by atoms with Crippen molar-refractivity contribution < 1.29 is 14.3 Å².